The van der Waals surface area contributed by atoms with Gasteiger partial charge in [-0.1, -0.05) is 0 Å². The van der Waals surface area contributed by atoms with Crippen molar-refractivity contribution in [1.82, 2.24) is 29.2 Å². The lowest BCUT2D eigenvalue weighted by Gasteiger charge is -2.42. The van der Waals surface area contributed by atoms with Crippen LogP contribution in [-0.4, -0.2) is 48.2 Å². The molecule has 2 bridgehead atoms. The van der Waals surface area contributed by atoms with Gasteiger partial charge in [-0.05, 0) is 31.4 Å². The standard InChI is InChI=1S/C21H23N7O2/c1-12-3-18(26(2)25-12)21(30)27-8-13-4-15(10-27)17-5-14(6-20(29)28(17)9-13)16-7-19(22)24-11-23-16/h3,5-7,11,13,15H,4,8-10H2,1-2H3,(H2,22,23,24)/t13-,15+/m0/s1. The molecule has 1 amide bonds. The molecule has 0 radical (unpaired) electrons. The first-order valence-electron chi connectivity index (χ1n) is 10.0. The minimum atomic E-state index is -0.0450. The average molecular weight is 405 g/mol. The molecule has 1 saturated heterocycles. The molecule has 2 aliphatic rings. The van der Waals surface area contributed by atoms with E-state index in [4.69, 9.17) is 5.73 Å². The van der Waals surface area contributed by atoms with Crippen LogP contribution in [0.25, 0.3) is 11.3 Å². The number of rotatable bonds is 2. The molecule has 0 unspecified atom stereocenters. The Bertz CT molecular complexity index is 1210. The topological polar surface area (TPSA) is 112 Å². The van der Waals surface area contributed by atoms with Crippen LogP contribution in [0.2, 0.25) is 0 Å². The zero-order valence-corrected chi connectivity index (χ0v) is 16.9. The maximum Gasteiger partial charge on any atom is 0.272 e. The van der Waals surface area contributed by atoms with Crippen molar-refractivity contribution in [3.63, 3.8) is 0 Å². The summed E-state index contributed by atoms with van der Waals surface area (Å²) in [6.07, 6.45) is 2.36. The monoisotopic (exact) mass is 405 g/mol. The van der Waals surface area contributed by atoms with Gasteiger partial charge in [0.1, 0.15) is 17.8 Å². The Labute approximate surface area is 173 Å². The van der Waals surface area contributed by atoms with Gasteiger partial charge in [0.15, 0.2) is 0 Å². The molecule has 0 spiro atoms. The minimum Gasteiger partial charge on any atom is -0.384 e. The summed E-state index contributed by atoms with van der Waals surface area (Å²) in [5.74, 6) is 0.706. The third kappa shape index (κ3) is 3.06. The number of aryl methyl sites for hydroxylation is 2. The Kier molecular flexibility index (Phi) is 4.19. The van der Waals surface area contributed by atoms with E-state index >= 15 is 0 Å². The molecule has 0 saturated carbocycles. The van der Waals surface area contributed by atoms with Crippen LogP contribution in [0.3, 0.4) is 0 Å². The van der Waals surface area contributed by atoms with Crippen LogP contribution in [0.4, 0.5) is 5.82 Å². The number of amides is 1. The van der Waals surface area contributed by atoms with Gasteiger partial charge in [-0.2, -0.15) is 5.10 Å². The second-order valence-electron chi connectivity index (χ2n) is 8.25. The highest BCUT2D eigenvalue weighted by Gasteiger charge is 2.37. The molecule has 9 nitrogen and oxygen atoms in total. The highest BCUT2D eigenvalue weighted by atomic mass is 16.2. The molecule has 0 aromatic carbocycles. The molecule has 2 N–H and O–H groups in total. The molecule has 154 valence electrons. The summed E-state index contributed by atoms with van der Waals surface area (Å²) in [4.78, 5) is 36.1. The van der Waals surface area contributed by atoms with Crippen LogP contribution in [0.15, 0.2) is 35.4 Å². The van der Waals surface area contributed by atoms with Gasteiger partial charge in [0, 0.05) is 56.0 Å². The number of nitrogens with two attached hydrogens (primary N) is 1. The van der Waals surface area contributed by atoms with E-state index in [1.807, 2.05) is 28.5 Å². The highest BCUT2D eigenvalue weighted by Crippen LogP contribution is 2.37. The van der Waals surface area contributed by atoms with E-state index in [0.29, 0.717) is 36.8 Å². The number of piperidine rings is 1. The number of carbonyl (C=O) groups is 1. The van der Waals surface area contributed by atoms with Gasteiger partial charge in [0.2, 0.25) is 0 Å². The molecule has 5 rings (SSSR count). The Morgan fingerprint density at radius 2 is 1.97 bits per heavy atom. The van der Waals surface area contributed by atoms with E-state index in [9.17, 15) is 9.59 Å². The van der Waals surface area contributed by atoms with Gasteiger partial charge >= 0.3 is 0 Å². The Hall–Kier alpha value is -3.49. The van der Waals surface area contributed by atoms with Crippen LogP contribution in [-0.2, 0) is 13.6 Å². The Morgan fingerprint density at radius 3 is 2.70 bits per heavy atom. The lowest BCUT2D eigenvalue weighted by Crippen LogP contribution is -2.49. The number of anilines is 1. The number of nitrogen functional groups attached to an aromatic ring is 1. The van der Waals surface area contributed by atoms with Crippen molar-refractivity contribution in [2.75, 3.05) is 18.8 Å². The third-order valence-corrected chi connectivity index (χ3v) is 6.05. The predicted octanol–water partition coefficient (Wildman–Crippen LogP) is 1.19. The summed E-state index contributed by atoms with van der Waals surface area (Å²) >= 11 is 0. The first kappa shape index (κ1) is 18.5. The maximum atomic E-state index is 13.1. The normalized spacial score (nSPS) is 20.1. The largest absolute Gasteiger partial charge is 0.384 e. The molecular weight excluding hydrogens is 382 g/mol. The van der Waals surface area contributed by atoms with Gasteiger partial charge in [0.25, 0.3) is 11.5 Å². The third-order valence-electron chi connectivity index (χ3n) is 6.05. The van der Waals surface area contributed by atoms with Crippen molar-refractivity contribution in [1.29, 1.82) is 0 Å². The first-order valence-corrected chi connectivity index (χ1v) is 10.0. The Morgan fingerprint density at radius 1 is 1.13 bits per heavy atom. The lowest BCUT2D eigenvalue weighted by molar-refractivity contribution is 0.0584. The van der Waals surface area contributed by atoms with E-state index in [0.717, 1.165) is 23.4 Å². The number of aromatic nitrogens is 5. The lowest BCUT2D eigenvalue weighted by atomic mass is 9.82. The molecule has 30 heavy (non-hydrogen) atoms. The quantitative estimate of drug-likeness (QED) is 0.685. The van der Waals surface area contributed by atoms with Crippen molar-refractivity contribution in [3.05, 3.63) is 58.0 Å². The highest BCUT2D eigenvalue weighted by molar-refractivity contribution is 5.92. The molecule has 0 aliphatic carbocycles. The number of hydrogen-bond acceptors (Lipinski definition) is 6. The van der Waals surface area contributed by atoms with E-state index in [-0.39, 0.29) is 23.3 Å². The molecule has 5 heterocycles. The summed E-state index contributed by atoms with van der Waals surface area (Å²) in [5.41, 5.74) is 9.46. The number of pyridine rings is 1. The fourth-order valence-corrected chi connectivity index (χ4v) is 4.78. The zero-order valence-electron chi connectivity index (χ0n) is 16.9. The number of fused-ring (bicyclic) bond motifs is 4. The number of likely N-dealkylation sites (tertiary alicyclic amines) is 1. The van der Waals surface area contributed by atoms with Gasteiger partial charge in [0.05, 0.1) is 11.4 Å². The second kappa shape index (κ2) is 6.79. The summed E-state index contributed by atoms with van der Waals surface area (Å²) in [6.45, 7) is 3.72. The fourth-order valence-electron chi connectivity index (χ4n) is 4.78. The van der Waals surface area contributed by atoms with Gasteiger partial charge in [-0.25, -0.2) is 9.97 Å². The van der Waals surface area contributed by atoms with E-state index in [1.165, 1.54) is 6.33 Å². The van der Waals surface area contributed by atoms with Gasteiger partial charge in [-0.15, -0.1) is 0 Å². The van der Waals surface area contributed by atoms with Crippen molar-refractivity contribution in [2.45, 2.75) is 25.8 Å². The Balaban J connectivity index is 1.50. The zero-order chi connectivity index (χ0) is 21.0. The summed E-state index contributed by atoms with van der Waals surface area (Å²) in [6, 6.07) is 7.10. The molecular formula is C21H23N7O2. The van der Waals surface area contributed by atoms with Crippen LogP contribution in [0.1, 0.15) is 34.2 Å². The fraction of sp³-hybridized carbons (Fsp3) is 0.381. The van der Waals surface area contributed by atoms with Crippen LogP contribution < -0.4 is 11.3 Å². The molecule has 1 fully saturated rings. The van der Waals surface area contributed by atoms with Gasteiger partial charge < -0.3 is 15.2 Å². The first-order chi connectivity index (χ1) is 14.4. The van der Waals surface area contributed by atoms with Crippen LogP contribution >= 0.6 is 0 Å². The van der Waals surface area contributed by atoms with Crippen LogP contribution in [0.5, 0.6) is 0 Å². The number of nitrogens with zero attached hydrogens (tertiary/aromatic N) is 6. The number of hydrogen-bond donors (Lipinski definition) is 1. The molecule has 9 heteroatoms. The minimum absolute atomic E-state index is 0.0108. The summed E-state index contributed by atoms with van der Waals surface area (Å²) in [5, 5.41) is 4.30. The number of carbonyl (C=O) groups excluding carboxylic acids is 1. The van der Waals surface area contributed by atoms with E-state index in [1.54, 1.807) is 23.9 Å². The predicted molar refractivity (Wildman–Crippen MR) is 111 cm³/mol. The maximum absolute atomic E-state index is 13.1. The average Bonchev–Trinajstić information content (AvgIpc) is 3.06. The van der Waals surface area contributed by atoms with Crippen molar-refractivity contribution >= 4 is 11.7 Å². The SMILES string of the molecule is Cc1cc(C(=O)N2C[C@@H]3C[C@H](C2)c2cc(-c4cc(N)ncn4)cc(=O)n2C3)n(C)n1. The van der Waals surface area contributed by atoms with E-state index < -0.39 is 0 Å². The van der Waals surface area contributed by atoms with Crippen LogP contribution in [0, 0.1) is 12.8 Å². The second-order valence-corrected chi connectivity index (χ2v) is 8.25. The smallest absolute Gasteiger partial charge is 0.272 e. The summed E-state index contributed by atoms with van der Waals surface area (Å²) < 4.78 is 3.49. The summed E-state index contributed by atoms with van der Waals surface area (Å²) in [7, 11) is 1.79. The molecule has 3 aromatic heterocycles. The molecule has 3 aromatic rings. The molecule has 2 aliphatic heterocycles. The molecule has 2 atom stereocenters. The van der Waals surface area contributed by atoms with Crippen molar-refractivity contribution < 1.29 is 4.79 Å². The van der Waals surface area contributed by atoms with E-state index in [2.05, 4.69) is 15.1 Å². The van der Waals surface area contributed by atoms with Gasteiger partial charge in [-0.3, -0.25) is 14.3 Å². The van der Waals surface area contributed by atoms with Crippen molar-refractivity contribution in [3.8, 4) is 11.3 Å². The van der Waals surface area contributed by atoms with Crippen molar-refractivity contribution in [2.24, 2.45) is 13.0 Å².